The first kappa shape index (κ1) is 23.8. The Hall–Kier alpha value is -1.23. The summed E-state index contributed by atoms with van der Waals surface area (Å²) in [5.74, 6) is -0.971. The molecule has 0 saturated heterocycles. The molecule has 0 aliphatic heterocycles. The maximum atomic E-state index is 13.0. The van der Waals surface area contributed by atoms with Gasteiger partial charge in [0, 0.05) is 24.7 Å². The number of allylic oxidation sites excluding steroid dienone is 1. The number of hydrogen-bond acceptors (Lipinski definition) is 3. The van der Waals surface area contributed by atoms with E-state index in [1.807, 2.05) is 28.7 Å². The van der Waals surface area contributed by atoms with Crippen molar-refractivity contribution in [2.45, 2.75) is 38.4 Å². The average molecular weight is 515 g/mol. The molecule has 0 saturated carbocycles. The molecule has 0 fully saturated rings. The average Bonchev–Trinajstić information content (AvgIpc) is 2.56. The number of carbonyl (C=O) groups is 1. The maximum Gasteiger partial charge on any atom is 0.471 e. The van der Waals surface area contributed by atoms with Crippen molar-refractivity contribution >= 4 is 36.6 Å². The molecular weight excluding hydrogens is 490 g/mol. The fraction of sp³-hybridized carbons (Fsp3) is 0.500. The van der Waals surface area contributed by atoms with Crippen LogP contribution >= 0.6 is 22.6 Å². The molecule has 152 valence electrons. The summed E-state index contributed by atoms with van der Waals surface area (Å²) < 4.78 is 50.1. The number of hydrogen-bond donors (Lipinski definition) is 0. The molecule has 0 atom stereocenters. The minimum absolute atomic E-state index is 0.104. The van der Waals surface area contributed by atoms with Crippen molar-refractivity contribution in [3.63, 3.8) is 0 Å². The van der Waals surface area contributed by atoms with Crippen LogP contribution in [-0.2, 0) is 11.3 Å². The highest BCUT2D eigenvalue weighted by atomic mass is 127. The minimum Gasteiger partial charge on any atom is -0.493 e. The second kappa shape index (κ2) is 9.81. The van der Waals surface area contributed by atoms with Crippen molar-refractivity contribution in [3.8, 4) is 11.5 Å². The van der Waals surface area contributed by atoms with Gasteiger partial charge in [-0.2, -0.15) is 13.2 Å². The molecule has 0 heterocycles. The molecule has 27 heavy (non-hydrogen) atoms. The van der Waals surface area contributed by atoms with E-state index in [2.05, 4.69) is 19.6 Å². The Morgan fingerprint density at radius 3 is 2.19 bits per heavy atom. The molecule has 0 bridgehead atoms. The van der Waals surface area contributed by atoms with Gasteiger partial charge in [-0.15, -0.1) is 0 Å². The molecule has 1 aromatic rings. The van der Waals surface area contributed by atoms with Crippen LogP contribution in [0.1, 0.15) is 5.56 Å². The number of halogens is 4. The Morgan fingerprint density at radius 1 is 1.15 bits per heavy atom. The third-order valence-electron chi connectivity index (χ3n) is 3.67. The second-order valence-corrected chi connectivity index (χ2v) is 13.9. The van der Waals surface area contributed by atoms with E-state index in [0.717, 1.165) is 10.9 Å². The molecule has 1 amide bonds. The van der Waals surface area contributed by atoms with E-state index in [0.29, 0.717) is 20.6 Å². The lowest BCUT2D eigenvalue weighted by atomic mass is 10.2. The summed E-state index contributed by atoms with van der Waals surface area (Å²) in [6.45, 7) is 6.23. The van der Waals surface area contributed by atoms with Gasteiger partial charge in [0.25, 0.3) is 0 Å². The van der Waals surface area contributed by atoms with Gasteiger partial charge in [0.2, 0.25) is 0 Å². The van der Waals surface area contributed by atoms with Crippen LogP contribution in [0.2, 0.25) is 25.7 Å². The van der Waals surface area contributed by atoms with Crippen molar-refractivity contribution in [2.24, 2.45) is 0 Å². The van der Waals surface area contributed by atoms with Gasteiger partial charge in [-0.3, -0.25) is 4.79 Å². The summed E-state index contributed by atoms with van der Waals surface area (Å²) in [5.41, 5.74) is 0.560. The lowest BCUT2D eigenvalue weighted by molar-refractivity contribution is -0.185. The summed E-state index contributed by atoms with van der Waals surface area (Å²) >= 11 is 2.01. The predicted molar refractivity (Wildman–Crippen MR) is 111 cm³/mol. The van der Waals surface area contributed by atoms with E-state index >= 15 is 0 Å². The zero-order valence-corrected chi connectivity index (χ0v) is 19.3. The van der Waals surface area contributed by atoms with Gasteiger partial charge in [0.05, 0.1) is 14.2 Å². The van der Waals surface area contributed by atoms with Gasteiger partial charge in [0.15, 0.2) is 11.5 Å². The molecule has 0 radical (unpaired) electrons. The summed E-state index contributed by atoms with van der Waals surface area (Å²) in [7, 11) is 1.59. The van der Waals surface area contributed by atoms with Gasteiger partial charge in [-0.05, 0) is 46.3 Å². The molecule has 4 nitrogen and oxygen atoms in total. The zero-order valence-electron chi connectivity index (χ0n) is 16.1. The van der Waals surface area contributed by atoms with Crippen LogP contribution in [0.5, 0.6) is 11.5 Å². The Morgan fingerprint density at radius 2 is 1.70 bits per heavy atom. The summed E-state index contributed by atoms with van der Waals surface area (Å²) in [4.78, 5) is 12.7. The Balaban J connectivity index is 3.09. The topological polar surface area (TPSA) is 38.8 Å². The number of nitrogens with zero attached hydrogens (tertiary/aromatic N) is 1. The fourth-order valence-corrected chi connectivity index (χ4v) is 3.74. The maximum absolute atomic E-state index is 13.0. The van der Waals surface area contributed by atoms with E-state index in [-0.39, 0.29) is 13.1 Å². The van der Waals surface area contributed by atoms with E-state index < -0.39 is 20.2 Å². The Bertz CT molecular complexity index is 688. The van der Waals surface area contributed by atoms with Gasteiger partial charge in [0.1, 0.15) is 0 Å². The number of ether oxygens (including phenoxy) is 2. The second-order valence-electron chi connectivity index (χ2n) is 7.22. The number of rotatable bonds is 8. The molecule has 0 aliphatic rings. The fourth-order valence-electron chi connectivity index (χ4n) is 2.26. The molecular formula is C18H25F3INO3Si. The lowest BCUT2D eigenvalue weighted by Crippen LogP contribution is -2.41. The third-order valence-corrected chi connectivity index (χ3v) is 6.13. The van der Waals surface area contributed by atoms with Crippen molar-refractivity contribution < 1.29 is 27.4 Å². The van der Waals surface area contributed by atoms with Crippen molar-refractivity contribution in [3.05, 3.63) is 33.4 Å². The lowest BCUT2D eigenvalue weighted by Gasteiger charge is -2.24. The van der Waals surface area contributed by atoms with Crippen molar-refractivity contribution in [1.82, 2.24) is 4.90 Å². The van der Waals surface area contributed by atoms with Crippen LogP contribution < -0.4 is 9.47 Å². The number of amides is 1. The minimum atomic E-state index is -4.92. The highest BCUT2D eigenvalue weighted by molar-refractivity contribution is 14.1. The SMILES string of the molecule is COc1cc(I)c(CN(C/C=C/C[Si](C)(C)C)C(=O)C(F)(F)F)cc1OC. The van der Waals surface area contributed by atoms with Crippen molar-refractivity contribution in [2.75, 3.05) is 20.8 Å². The van der Waals surface area contributed by atoms with E-state index in [9.17, 15) is 18.0 Å². The monoisotopic (exact) mass is 515 g/mol. The summed E-state index contributed by atoms with van der Waals surface area (Å²) in [5, 5.41) is 0. The van der Waals surface area contributed by atoms with Crippen molar-refractivity contribution in [1.29, 1.82) is 0 Å². The van der Waals surface area contributed by atoms with Crippen LogP contribution in [0.3, 0.4) is 0 Å². The quantitative estimate of drug-likeness (QED) is 0.275. The first-order valence-corrected chi connectivity index (χ1v) is 13.1. The van der Waals surface area contributed by atoms with Gasteiger partial charge in [-0.1, -0.05) is 31.8 Å². The third kappa shape index (κ3) is 7.72. The van der Waals surface area contributed by atoms with E-state index in [1.54, 1.807) is 18.2 Å². The van der Waals surface area contributed by atoms with Crippen LogP contribution in [0.15, 0.2) is 24.3 Å². The summed E-state index contributed by atoms with van der Waals surface area (Å²) in [6.07, 6.45) is -1.42. The van der Waals surface area contributed by atoms with Gasteiger partial charge < -0.3 is 14.4 Å². The molecule has 1 rings (SSSR count). The first-order valence-electron chi connectivity index (χ1n) is 8.30. The molecule has 0 spiro atoms. The molecule has 1 aromatic carbocycles. The van der Waals surface area contributed by atoms with E-state index in [1.165, 1.54) is 14.2 Å². The number of carbonyl (C=O) groups excluding carboxylic acids is 1. The standard InChI is InChI=1S/C18H25F3INO3Si/c1-25-15-10-13(14(22)11-16(15)26-2)12-23(17(24)18(19,20)21)8-6-7-9-27(3,4)5/h6-7,10-11H,8-9,12H2,1-5H3/b7-6+. The molecule has 0 aromatic heterocycles. The first-order chi connectivity index (χ1) is 12.4. The highest BCUT2D eigenvalue weighted by Gasteiger charge is 2.42. The normalized spacial score (nSPS) is 12.3. The number of alkyl halides is 3. The Kier molecular flexibility index (Phi) is 8.65. The number of benzene rings is 1. The number of methoxy groups -OCH3 is 2. The Labute approximate surface area is 172 Å². The highest BCUT2D eigenvalue weighted by Crippen LogP contribution is 2.32. The van der Waals surface area contributed by atoms with Gasteiger partial charge in [-0.25, -0.2) is 0 Å². The molecule has 9 heteroatoms. The largest absolute Gasteiger partial charge is 0.493 e. The van der Waals surface area contributed by atoms with Crippen LogP contribution in [0.25, 0.3) is 0 Å². The van der Waals surface area contributed by atoms with Gasteiger partial charge >= 0.3 is 12.1 Å². The smallest absolute Gasteiger partial charge is 0.471 e. The summed E-state index contributed by atoms with van der Waals surface area (Å²) in [6, 6.07) is 4.12. The zero-order chi connectivity index (χ0) is 20.8. The molecule has 0 aliphatic carbocycles. The molecule has 0 N–H and O–H groups in total. The van der Waals surface area contributed by atoms with Crippen LogP contribution in [-0.4, -0.2) is 45.8 Å². The van der Waals surface area contributed by atoms with E-state index in [4.69, 9.17) is 9.47 Å². The van der Waals surface area contributed by atoms with Crippen LogP contribution in [0.4, 0.5) is 13.2 Å². The predicted octanol–water partition coefficient (Wildman–Crippen LogP) is 5.09. The molecule has 0 unspecified atom stereocenters. The van der Waals surface area contributed by atoms with Crippen LogP contribution in [0, 0.1) is 3.57 Å².